The van der Waals surface area contributed by atoms with Gasteiger partial charge in [-0.25, -0.2) is 31.3 Å². The third kappa shape index (κ3) is 5.88. The first-order chi connectivity index (χ1) is 20.0. The highest BCUT2D eigenvalue weighted by atomic mass is 79.9. The predicted molar refractivity (Wildman–Crippen MR) is 154 cm³/mol. The molecule has 2 aliphatic heterocycles. The number of sulfonamides is 1. The number of carboxylic acid groups (broad SMARTS) is 1. The molecule has 1 aromatic heterocycles. The van der Waals surface area contributed by atoms with Crippen LogP contribution in [0, 0.1) is 23.5 Å². The van der Waals surface area contributed by atoms with E-state index in [0.29, 0.717) is 42.2 Å². The maximum atomic E-state index is 14.7. The Bertz CT molecular complexity index is 1540. The molecule has 42 heavy (non-hydrogen) atoms. The fraction of sp³-hybridized carbons (Fsp3) is 0.481. The zero-order chi connectivity index (χ0) is 30.2. The molecule has 15 heteroatoms. The Morgan fingerprint density at radius 2 is 1.95 bits per heavy atom. The van der Waals surface area contributed by atoms with Crippen molar-refractivity contribution in [3.63, 3.8) is 0 Å². The SMILES string of the molecule is CCOC(=O)C1=C(C2CCN(S(=O)(=O)[C@H]3CC[C@H](C(=O)O)C3)CC2)NC(c2nccs2)=N[C@H]1c1ccc(F)c(F)c1Br. The molecule has 3 atom stereocenters. The second kappa shape index (κ2) is 12.5. The molecule has 0 spiro atoms. The van der Waals surface area contributed by atoms with E-state index in [-0.39, 0.29) is 47.6 Å². The van der Waals surface area contributed by atoms with Crippen LogP contribution in [0.2, 0.25) is 0 Å². The lowest BCUT2D eigenvalue weighted by molar-refractivity contribution is -0.141. The summed E-state index contributed by atoms with van der Waals surface area (Å²) in [6, 6.07) is 1.27. The normalized spacial score (nSPS) is 23.9. The number of thiazole rings is 1. The van der Waals surface area contributed by atoms with E-state index in [9.17, 15) is 31.9 Å². The smallest absolute Gasteiger partial charge is 0.338 e. The van der Waals surface area contributed by atoms with Gasteiger partial charge in [0.15, 0.2) is 22.5 Å². The van der Waals surface area contributed by atoms with Crippen molar-refractivity contribution in [2.45, 2.75) is 50.3 Å². The van der Waals surface area contributed by atoms with Gasteiger partial charge in [0.1, 0.15) is 6.04 Å². The van der Waals surface area contributed by atoms with Crippen molar-refractivity contribution in [3.8, 4) is 0 Å². The lowest BCUT2D eigenvalue weighted by atomic mass is 9.86. The molecule has 0 amide bonds. The number of hydrogen-bond acceptors (Lipinski definition) is 9. The van der Waals surface area contributed by atoms with Crippen LogP contribution in [0.25, 0.3) is 0 Å². The van der Waals surface area contributed by atoms with Crippen molar-refractivity contribution in [1.82, 2.24) is 14.6 Å². The molecule has 0 radical (unpaired) electrons. The summed E-state index contributed by atoms with van der Waals surface area (Å²) in [6.07, 6.45) is 3.03. The van der Waals surface area contributed by atoms with E-state index in [1.165, 1.54) is 21.7 Å². The van der Waals surface area contributed by atoms with Crippen molar-refractivity contribution in [1.29, 1.82) is 0 Å². The number of aliphatic carboxylic acids is 1. The van der Waals surface area contributed by atoms with Crippen LogP contribution in [0.5, 0.6) is 0 Å². The topological polar surface area (TPSA) is 138 Å². The molecule has 5 rings (SSSR count). The third-order valence-corrected chi connectivity index (χ3v) is 11.9. The standard InChI is InChI=1S/C27H29BrF2N4O6S2/c1-2-40-27(37)19-22(14-7-10-34(11-8-14)42(38,39)16-4-3-15(13-16)26(35)36)32-24(25-31-9-12-41-25)33-23(19)17-5-6-18(29)21(30)20(17)28/h5-6,9,12,14-16,23H,2-4,7-8,10-11,13H2,1H3,(H,32,33)(H,35,36)/t15-,16-,23-/m0/s1. The van der Waals surface area contributed by atoms with E-state index in [2.05, 4.69) is 26.2 Å². The van der Waals surface area contributed by atoms with Crippen LogP contribution >= 0.6 is 27.3 Å². The third-order valence-electron chi connectivity index (χ3n) is 7.94. The van der Waals surface area contributed by atoms with Crippen LogP contribution < -0.4 is 5.32 Å². The van der Waals surface area contributed by atoms with Crippen molar-refractivity contribution in [2.24, 2.45) is 16.8 Å². The minimum Gasteiger partial charge on any atom is -0.481 e. The van der Waals surface area contributed by atoms with Gasteiger partial charge in [-0.3, -0.25) is 9.79 Å². The second-order valence-electron chi connectivity index (χ2n) is 10.3. The summed E-state index contributed by atoms with van der Waals surface area (Å²) in [4.78, 5) is 33.9. The summed E-state index contributed by atoms with van der Waals surface area (Å²) < 4.78 is 62.1. The Hall–Kier alpha value is -2.75. The van der Waals surface area contributed by atoms with Crippen LogP contribution in [0.1, 0.15) is 55.6 Å². The number of aromatic nitrogens is 1. The van der Waals surface area contributed by atoms with Crippen LogP contribution in [0.3, 0.4) is 0 Å². The fourth-order valence-corrected chi connectivity index (χ4v) is 8.97. The first-order valence-electron chi connectivity index (χ1n) is 13.5. The summed E-state index contributed by atoms with van der Waals surface area (Å²) in [5.74, 6) is -4.47. The number of hydrogen-bond donors (Lipinski definition) is 2. The molecule has 2 fully saturated rings. The van der Waals surface area contributed by atoms with Crippen molar-refractivity contribution < 1.29 is 36.6 Å². The maximum Gasteiger partial charge on any atom is 0.338 e. The molecule has 3 heterocycles. The highest BCUT2D eigenvalue weighted by molar-refractivity contribution is 9.10. The maximum absolute atomic E-state index is 14.7. The van der Waals surface area contributed by atoms with E-state index in [4.69, 9.17) is 9.73 Å². The van der Waals surface area contributed by atoms with E-state index in [1.54, 1.807) is 18.5 Å². The van der Waals surface area contributed by atoms with Gasteiger partial charge in [0.25, 0.3) is 0 Å². The van der Waals surface area contributed by atoms with Gasteiger partial charge in [-0.2, -0.15) is 0 Å². The number of nitrogens with one attached hydrogen (secondary N) is 1. The highest BCUT2D eigenvalue weighted by Gasteiger charge is 2.43. The Morgan fingerprint density at radius 1 is 1.21 bits per heavy atom. The molecule has 3 aliphatic rings. The molecular formula is C27H29BrF2N4O6S2. The van der Waals surface area contributed by atoms with Gasteiger partial charge in [-0.05, 0) is 66.6 Å². The number of ether oxygens (including phenoxy) is 1. The minimum absolute atomic E-state index is 0.0692. The molecule has 2 N–H and O–H groups in total. The van der Waals surface area contributed by atoms with Gasteiger partial charge in [-0.15, -0.1) is 11.3 Å². The summed E-state index contributed by atoms with van der Waals surface area (Å²) >= 11 is 4.45. The molecule has 1 saturated carbocycles. The van der Waals surface area contributed by atoms with Crippen molar-refractivity contribution in [3.05, 3.63) is 61.7 Å². The molecule has 1 aromatic carbocycles. The number of piperidine rings is 1. The van der Waals surface area contributed by atoms with Crippen LogP contribution in [0.15, 0.2) is 44.4 Å². The van der Waals surface area contributed by atoms with Gasteiger partial charge >= 0.3 is 11.9 Å². The molecule has 10 nitrogen and oxygen atoms in total. The number of nitrogens with zero attached hydrogens (tertiary/aromatic N) is 3. The average Bonchev–Trinajstić information content (AvgIpc) is 3.69. The zero-order valence-electron chi connectivity index (χ0n) is 22.6. The number of allylic oxidation sites excluding steroid dienone is 1. The van der Waals surface area contributed by atoms with Crippen molar-refractivity contribution in [2.75, 3.05) is 19.7 Å². The molecule has 2 aromatic rings. The van der Waals surface area contributed by atoms with Crippen LogP contribution in [-0.2, 0) is 24.3 Å². The monoisotopic (exact) mass is 686 g/mol. The Labute approximate surface area is 254 Å². The molecule has 1 saturated heterocycles. The number of amidine groups is 1. The molecule has 1 aliphatic carbocycles. The van der Waals surface area contributed by atoms with E-state index in [0.717, 1.165) is 6.07 Å². The molecule has 226 valence electrons. The van der Waals surface area contributed by atoms with Gasteiger partial charge in [-0.1, -0.05) is 6.07 Å². The van der Waals surface area contributed by atoms with Crippen LogP contribution in [0.4, 0.5) is 8.78 Å². The Balaban J connectivity index is 1.49. The number of carbonyl (C=O) groups excluding carboxylic acids is 1. The largest absolute Gasteiger partial charge is 0.481 e. The Kier molecular flexibility index (Phi) is 9.11. The lowest BCUT2D eigenvalue weighted by Crippen LogP contribution is -2.45. The van der Waals surface area contributed by atoms with Gasteiger partial charge in [0.2, 0.25) is 10.0 Å². The number of halogens is 3. The fourth-order valence-electron chi connectivity index (χ4n) is 5.79. The molecular weight excluding hydrogens is 658 g/mol. The van der Waals surface area contributed by atoms with Gasteiger partial charge < -0.3 is 15.2 Å². The summed E-state index contributed by atoms with van der Waals surface area (Å²) in [5, 5.41) is 14.1. The van der Waals surface area contributed by atoms with E-state index in [1.807, 2.05) is 0 Å². The summed E-state index contributed by atoms with van der Waals surface area (Å²) in [6.45, 7) is 2.07. The van der Waals surface area contributed by atoms with E-state index < -0.39 is 50.8 Å². The first-order valence-corrected chi connectivity index (χ1v) is 16.7. The number of aliphatic imine (C=N–C) groups is 1. The molecule has 0 unspecified atom stereocenters. The van der Waals surface area contributed by atoms with E-state index >= 15 is 0 Å². The number of carbonyl (C=O) groups is 2. The predicted octanol–water partition coefficient (Wildman–Crippen LogP) is 4.39. The average molecular weight is 688 g/mol. The lowest BCUT2D eigenvalue weighted by Gasteiger charge is -2.37. The van der Waals surface area contributed by atoms with Gasteiger partial charge in [0.05, 0.1) is 27.8 Å². The number of rotatable bonds is 8. The van der Waals surface area contributed by atoms with Crippen molar-refractivity contribution >= 4 is 55.1 Å². The van der Waals surface area contributed by atoms with Crippen LogP contribution in [-0.4, -0.2) is 65.5 Å². The second-order valence-corrected chi connectivity index (χ2v) is 14.2. The number of esters is 1. The summed E-state index contributed by atoms with van der Waals surface area (Å²) in [7, 11) is -3.71. The quantitative estimate of drug-likeness (QED) is 0.308. The highest BCUT2D eigenvalue weighted by Crippen LogP contribution is 2.42. The minimum atomic E-state index is -3.71. The number of carboxylic acids is 1. The zero-order valence-corrected chi connectivity index (χ0v) is 25.8. The molecule has 0 bridgehead atoms. The Morgan fingerprint density at radius 3 is 2.57 bits per heavy atom. The first kappa shape index (κ1) is 30.7. The number of benzene rings is 1. The van der Waals surface area contributed by atoms with Gasteiger partial charge in [0, 0.05) is 36.3 Å². The summed E-state index contributed by atoms with van der Waals surface area (Å²) in [5.41, 5.74) is 0.823.